The van der Waals surface area contributed by atoms with Crippen molar-refractivity contribution in [1.82, 2.24) is 0 Å². The Morgan fingerprint density at radius 1 is 0.318 bits per heavy atom. The highest BCUT2D eigenvalue weighted by atomic mass is 14.4. The van der Waals surface area contributed by atoms with E-state index in [1.165, 1.54) is 104 Å². The highest BCUT2D eigenvalue weighted by molar-refractivity contribution is 6.30. The molecule has 44 heavy (non-hydrogen) atoms. The number of rotatable bonds is 1. The van der Waals surface area contributed by atoms with Gasteiger partial charge in [0.15, 0.2) is 0 Å². The fraction of sp³-hybridized carbons (Fsp3) is 0.0909. The van der Waals surface area contributed by atoms with Crippen LogP contribution in [-0.2, 0) is 5.41 Å². The molecule has 0 amide bonds. The average molecular weight is 559 g/mol. The van der Waals surface area contributed by atoms with Gasteiger partial charge in [-0.1, -0.05) is 106 Å². The van der Waals surface area contributed by atoms with Crippen molar-refractivity contribution < 1.29 is 0 Å². The summed E-state index contributed by atoms with van der Waals surface area (Å²) >= 11 is 0. The Hall–Kier alpha value is -5.20. The summed E-state index contributed by atoms with van der Waals surface area (Å²) in [5.74, 6) is 0. The molecule has 8 aromatic rings. The van der Waals surface area contributed by atoms with E-state index in [0.717, 1.165) is 0 Å². The SMILES string of the molecule is CC(C)(C)c1ccccc1-c1cc2c3c(ccc4c3c1-c1cc3ccccc3cc1-4)-c1cc3cc4ccccc4cc3cc1-2. The molecular formula is C44H30. The Balaban J connectivity index is 1.37. The highest BCUT2D eigenvalue weighted by Gasteiger charge is 2.33. The molecule has 0 aromatic heterocycles. The summed E-state index contributed by atoms with van der Waals surface area (Å²) < 4.78 is 0. The van der Waals surface area contributed by atoms with Crippen LogP contribution < -0.4 is 0 Å². The fourth-order valence-corrected chi connectivity index (χ4v) is 8.20. The molecule has 2 aliphatic carbocycles. The Labute approximate surface area is 257 Å². The molecular weight excluding hydrogens is 528 g/mol. The van der Waals surface area contributed by atoms with Crippen molar-refractivity contribution in [3.63, 3.8) is 0 Å². The second-order valence-electron chi connectivity index (χ2n) is 13.7. The van der Waals surface area contributed by atoms with Crippen molar-refractivity contribution in [2.75, 3.05) is 0 Å². The van der Waals surface area contributed by atoms with E-state index in [1.807, 2.05) is 0 Å². The molecule has 0 fully saturated rings. The Morgan fingerprint density at radius 2 is 0.795 bits per heavy atom. The highest BCUT2D eigenvalue weighted by Crippen LogP contribution is 2.60. The van der Waals surface area contributed by atoms with Crippen molar-refractivity contribution in [2.24, 2.45) is 0 Å². The van der Waals surface area contributed by atoms with Gasteiger partial charge in [-0.2, -0.15) is 0 Å². The molecule has 0 spiro atoms. The van der Waals surface area contributed by atoms with Gasteiger partial charge in [0.2, 0.25) is 0 Å². The van der Waals surface area contributed by atoms with Gasteiger partial charge in [-0.15, -0.1) is 0 Å². The van der Waals surface area contributed by atoms with Crippen LogP contribution in [0.1, 0.15) is 26.3 Å². The maximum atomic E-state index is 2.53. The third-order valence-corrected chi connectivity index (χ3v) is 10.2. The topological polar surface area (TPSA) is 0 Å². The van der Waals surface area contributed by atoms with Gasteiger partial charge in [0.05, 0.1) is 0 Å². The Bertz CT molecular complexity index is 2570. The molecule has 0 aliphatic heterocycles. The zero-order valence-corrected chi connectivity index (χ0v) is 25.1. The van der Waals surface area contributed by atoms with Crippen LogP contribution >= 0.6 is 0 Å². The normalized spacial score (nSPS) is 12.9. The van der Waals surface area contributed by atoms with Crippen LogP contribution in [0, 0.1) is 0 Å². The minimum absolute atomic E-state index is 0.0171. The van der Waals surface area contributed by atoms with E-state index >= 15 is 0 Å². The van der Waals surface area contributed by atoms with Gasteiger partial charge in [0.1, 0.15) is 0 Å². The van der Waals surface area contributed by atoms with E-state index in [2.05, 4.69) is 148 Å². The molecule has 10 rings (SSSR count). The van der Waals surface area contributed by atoms with Crippen LogP contribution in [0.5, 0.6) is 0 Å². The van der Waals surface area contributed by atoms with Gasteiger partial charge in [0.25, 0.3) is 0 Å². The minimum Gasteiger partial charge on any atom is -0.0619 e. The predicted octanol–water partition coefficient (Wildman–Crippen LogP) is 12.6. The first-order valence-corrected chi connectivity index (χ1v) is 15.7. The number of fused-ring (bicyclic) bond motifs is 9. The van der Waals surface area contributed by atoms with Crippen LogP contribution in [-0.4, -0.2) is 0 Å². The zero-order valence-electron chi connectivity index (χ0n) is 25.1. The van der Waals surface area contributed by atoms with Gasteiger partial charge in [-0.25, -0.2) is 0 Å². The van der Waals surface area contributed by atoms with E-state index < -0.39 is 0 Å². The number of hydrogen-bond donors (Lipinski definition) is 0. The molecule has 0 atom stereocenters. The van der Waals surface area contributed by atoms with Crippen LogP contribution in [0.25, 0.3) is 98.7 Å². The van der Waals surface area contributed by atoms with Gasteiger partial charge >= 0.3 is 0 Å². The van der Waals surface area contributed by atoms with Crippen LogP contribution in [0.4, 0.5) is 0 Å². The largest absolute Gasteiger partial charge is 0.0619 e. The molecule has 0 radical (unpaired) electrons. The van der Waals surface area contributed by atoms with Gasteiger partial charge in [-0.3, -0.25) is 0 Å². The van der Waals surface area contributed by atoms with E-state index in [9.17, 15) is 0 Å². The first-order chi connectivity index (χ1) is 21.4. The van der Waals surface area contributed by atoms with Gasteiger partial charge in [-0.05, 0) is 152 Å². The van der Waals surface area contributed by atoms with Crippen LogP contribution in [0.3, 0.4) is 0 Å². The summed E-state index contributed by atoms with van der Waals surface area (Å²) in [7, 11) is 0. The maximum absolute atomic E-state index is 2.53. The van der Waals surface area contributed by atoms with Gasteiger partial charge in [0, 0.05) is 0 Å². The zero-order chi connectivity index (χ0) is 29.3. The molecule has 0 N–H and O–H groups in total. The fourth-order valence-electron chi connectivity index (χ4n) is 8.20. The van der Waals surface area contributed by atoms with E-state index in [4.69, 9.17) is 0 Å². The Morgan fingerprint density at radius 3 is 1.43 bits per heavy atom. The Kier molecular flexibility index (Phi) is 4.55. The lowest BCUT2D eigenvalue weighted by Gasteiger charge is -2.25. The van der Waals surface area contributed by atoms with Crippen LogP contribution in [0.2, 0.25) is 0 Å². The van der Waals surface area contributed by atoms with Crippen molar-refractivity contribution in [3.05, 3.63) is 133 Å². The number of hydrogen-bond acceptors (Lipinski definition) is 0. The standard InChI is InChI=1S/C44H30/c1-44(2,3)40-15-9-8-14-31(40)38-24-39-36-23-30-19-26-11-5-4-10-25(26)18-29(30)22-34(36)32-16-17-33-35-20-27-12-6-7-13-28(27)21-37(35)42(38)43(33)41(32)39/h4-24H,1-3H3. The lowest BCUT2D eigenvalue weighted by atomic mass is 9.79. The third-order valence-electron chi connectivity index (χ3n) is 10.2. The summed E-state index contributed by atoms with van der Waals surface area (Å²) in [4.78, 5) is 0. The first-order valence-electron chi connectivity index (χ1n) is 15.7. The van der Waals surface area contributed by atoms with Crippen molar-refractivity contribution in [1.29, 1.82) is 0 Å². The molecule has 0 saturated carbocycles. The third kappa shape index (κ3) is 3.13. The predicted molar refractivity (Wildman–Crippen MR) is 189 cm³/mol. The van der Waals surface area contributed by atoms with Crippen molar-refractivity contribution in [3.8, 4) is 55.6 Å². The second kappa shape index (κ2) is 8.24. The summed E-state index contributed by atoms with van der Waals surface area (Å²) in [5.41, 5.74) is 15.0. The number of benzene rings is 8. The first kappa shape index (κ1) is 24.3. The summed E-state index contributed by atoms with van der Waals surface area (Å²) in [6.07, 6.45) is 0. The van der Waals surface area contributed by atoms with E-state index in [1.54, 1.807) is 0 Å². The molecule has 0 heterocycles. The summed E-state index contributed by atoms with van der Waals surface area (Å²) in [6.45, 7) is 7.01. The molecule has 2 aliphatic rings. The molecule has 8 aromatic carbocycles. The minimum atomic E-state index is 0.0171. The van der Waals surface area contributed by atoms with Gasteiger partial charge < -0.3 is 0 Å². The molecule has 0 heteroatoms. The average Bonchev–Trinajstić information content (AvgIpc) is 3.52. The quantitative estimate of drug-likeness (QED) is 0.176. The van der Waals surface area contributed by atoms with Crippen LogP contribution in [0.15, 0.2) is 127 Å². The molecule has 0 nitrogen and oxygen atoms in total. The lowest BCUT2D eigenvalue weighted by molar-refractivity contribution is 0.592. The van der Waals surface area contributed by atoms with E-state index in [-0.39, 0.29) is 5.41 Å². The molecule has 0 bridgehead atoms. The van der Waals surface area contributed by atoms with Crippen molar-refractivity contribution >= 4 is 43.1 Å². The molecule has 0 unspecified atom stereocenters. The smallest absolute Gasteiger partial charge is 0.000762 e. The maximum Gasteiger partial charge on any atom is -0.000762 e. The second-order valence-corrected chi connectivity index (χ2v) is 13.7. The molecule has 0 saturated heterocycles. The lowest BCUT2D eigenvalue weighted by Crippen LogP contribution is -2.12. The van der Waals surface area contributed by atoms with Crippen molar-refractivity contribution in [2.45, 2.75) is 26.2 Å². The molecule has 206 valence electrons. The summed E-state index contributed by atoms with van der Waals surface area (Å²) in [5, 5.41) is 10.6. The monoisotopic (exact) mass is 558 g/mol. The summed E-state index contributed by atoms with van der Waals surface area (Å²) in [6, 6.07) is 48.4. The van der Waals surface area contributed by atoms with E-state index in [0.29, 0.717) is 0 Å².